The van der Waals surface area contributed by atoms with Gasteiger partial charge in [0.1, 0.15) is 0 Å². The second-order valence-electron chi connectivity index (χ2n) is 8.05. The molecule has 3 N–H and O–H groups in total. The van der Waals surface area contributed by atoms with Crippen LogP contribution in [-0.4, -0.2) is 61.8 Å². The number of fused-ring (bicyclic) bond motifs is 2. The van der Waals surface area contributed by atoms with Crippen molar-refractivity contribution in [1.82, 2.24) is 19.8 Å². The zero-order valence-corrected chi connectivity index (χ0v) is 16.2. The summed E-state index contributed by atoms with van der Waals surface area (Å²) in [5.74, 6) is 0.438. The second-order valence-corrected chi connectivity index (χ2v) is 8.05. The summed E-state index contributed by atoms with van der Waals surface area (Å²) in [6.07, 6.45) is 1.98. The maximum atomic E-state index is 11.3. The number of nitrogens with zero attached hydrogens (tertiary/aromatic N) is 4. The first kappa shape index (κ1) is 18.5. The van der Waals surface area contributed by atoms with Gasteiger partial charge in [0.05, 0.1) is 22.9 Å². The summed E-state index contributed by atoms with van der Waals surface area (Å²) >= 11 is 0. The summed E-state index contributed by atoms with van der Waals surface area (Å²) in [4.78, 5) is 22.6. The van der Waals surface area contributed by atoms with Gasteiger partial charge >= 0.3 is 6.09 Å². The van der Waals surface area contributed by atoms with Gasteiger partial charge in [-0.2, -0.15) is 5.26 Å². The largest absolute Gasteiger partial charge is 0.494 e. The maximum Gasteiger partial charge on any atom is 0.407 e. The van der Waals surface area contributed by atoms with Crippen LogP contribution in [0.25, 0.3) is 22.2 Å². The lowest BCUT2D eigenvalue weighted by molar-refractivity contribution is 0.146. The van der Waals surface area contributed by atoms with Crippen molar-refractivity contribution in [3.8, 4) is 23.2 Å². The number of likely N-dealkylation sites (tertiary alicyclic amines) is 2. The van der Waals surface area contributed by atoms with Gasteiger partial charge in [-0.05, 0) is 48.7 Å². The first-order chi connectivity index (χ1) is 14.5. The van der Waals surface area contributed by atoms with Crippen molar-refractivity contribution in [1.29, 1.82) is 5.26 Å². The van der Waals surface area contributed by atoms with Crippen LogP contribution in [0.4, 0.5) is 4.79 Å². The van der Waals surface area contributed by atoms with Gasteiger partial charge in [-0.3, -0.25) is 9.88 Å². The Morgan fingerprint density at radius 3 is 2.90 bits per heavy atom. The van der Waals surface area contributed by atoms with E-state index >= 15 is 0 Å². The number of pyridine rings is 1. The zero-order valence-electron chi connectivity index (χ0n) is 16.2. The van der Waals surface area contributed by atoms with E-state index in [-0.39, 0.29) is 11.9 Å². The Morgan fingerprint density at radius 1 is 1.30 bits per heavy atom. The number of amides is 1. The fraction of sp³-hybridized carbons (Fsp3) is 0.318. The summed E-state index contributed by atoms with van der Waals surface area (Å²) in [5.41, 5.74) is 3.54. The van der Waals surface area contributed by atoms with Crippen molar-refractivity contribution in [2.24, 2.45) is 5.92 Å². The van der Waals surface area contributed by atoms with Crippen molar-refractivity contribution in [2.75, 3.05) is 19.6 Å². The van der Waals surface area contributed by atoms with Gasteiger partial charge in [-0.15, -0.1) is 0 Å². The molecule has 3 aromatic rings. The van der Waals surface area contributed by atoms with Gasteiger partial charge < -0.3 is 20.1 Å². The molecular formula is C22H21N5O3. The maximum absolute atomic E-state index is 11.3. The molecule has 2 fully saturated rings. The Hall–Kier alpha value is -3.57. The molecule has 1 amide bonds. The third-order valence-corrected chi connectivity index (χ3v) is 6.31. The molecule has 8 nitrogen and oxygen atoms in total. The number of carbonyl (C=O) groups is 1. The van der Waals surface area contributed by atoms with Gasteiger partial charge in [-0.25, -0.2) is 4.79 Å². The molecule has 2 aromatic heterocycles. The van der Waals surface area contributed by atoms with Crippen LogP contribution in [0.3, 0.4) is 0 Å². The average Bonchev–Trinajstić information content (AvgIpc) is 3.41. The molecule has 152 valence electrons. The molecule has 2 unspecified atom stereocenters. The minimum absolute atomic E-state index is 0.0300. The standard InChI is InChI=1S/C22H21N5O3/c23-8-13-1-3-17-16(7-13)20(21(28)25-17)18-4-2-14(9-24-18)10-26-6-5-15-11-27(22(29)30)12-19(15)26/h1-4,7,9,15,19,25,28H,5-6,10-12H2,(H,29,30). The summed E-state index contributed by atoms with van der Waals surface area (Å²) in [6, 6.07) is 11.5. The number of H-pyrrole nitrogens is 1. The summed E-state index contributed by atoms with van der Waals surface area (Å²) in [7, 11) is 0. The molecule has 2 aliphatic rings. The fourth-order valence-corrected chi connectivity index (χ4v) is 4.81. The average molecular weight is 403 g/mol. The number of nitriles is 1. The highest BCUT2D eigenvalue weighted by Crippen LogP contribution is 2.36. The van der Waals surface area contributed by atoms with E-state index in [2.05, 4.69) is 20.9 Å². The molecule has 30 heavy (non-hydrogen) atoms. The number of rotatable bonds is 3. The SMILES string of the molecule is N#Cc1ccc2[nH]c(O)c(-c3ccc(CN4CCC5CN(C(=O)O)CC54)cn3)c2c1. The van der Waals surface area contributed by atoms with Crippen molar-refractivity contribution in [2.45, 2.75) is 19.0 Å². The van der Waals surface area contributed by atoms with Gasteiger partial charge in [0.2, 0.25) is 0 Å². The first-order valence-electron chi connectivity index (χ1n) is 9.95. The predicted octanol–water partition coefficient (Wildman–Crippen LogP) is 2.99. The third kappa shape index (κ3) is 3.04. The molecule has 4 heterocycles. The topological polar surface area (TPSA) is 116 Å². The molecule has 2 aliphatic heterocycles. The van der Waals surface area contributed by atoms with Crippen LogP contribution >= 0.6 is 0 Å². The molecule has 8 heteroatoms. The van der Waals surface area contributed by atoms with E-state index in [1.165, 1.54) is 4.90 Å². The lowest BCUT2D eigenvalue weighted by Crippen LogP contribution is -2.36. The zero-order chi connectivity index (χ0) is 20.8. The number of carboxylic acid groups (broad SMARTS) is 1. The van der Waals surface area contributed by atoms with Crippen molar-refractivity contribution >= 4 is 17.0 Å². The highest BCUT2D eigenvalue weighted by molar-refractivity contribution is 5.98. The van der Waals surface area contributed by atoms with Gasteiger partial charge in [0.15, 0.2) is 5.88 Å². The van der Waals surface area contributed by atoms with Crippen LogP contribution in [0.5, 0.6) is 5.88 Å². The number of hydrogen-bond acceptors (Lipinski definition) is 5. The van der Waals surface area contributed by atoms with Crippen LogP contribution < -0.4 is 0 Å². The lowest BCUT2D eigenvalue weighted by Gasteiger charge is -2.24. The monoisotopic (exact) mass is 403 g/mol. The van der Waals surface area contributed by atoms with Crippen molar-refractivity contribution in [3.63, 3.8) is 0 Å². The second kappa shape index (κ2) is 7.04. The molecule has 0 bridgehead atoms. The van der Waals surface area contributed by atoms with Crippen LogP contribution in [0.15, 0.2) is 36.5 Å². The quantitative estimate of drug-likeness (QED) is 0.619. The number of aromatic hydroxyl groups is 1. The molecule has 5 rings (SSSR count). The van der Waals surface area contributed by atoms with E-state index < -0.39 is 6.09 Å². The molecule has 1 aromatic carbocycles. The summed E-state index contributed by atoms with van der Waals surface area (Å²) in [6.45, 7) is 2.87. The minimum Gasteiger partial charge on any atom is -0.494 e. The van der Waals surface area contributed by atoms with Gasteiger partial charge in [0.25, 0.3) is 0 Å². The van der Waals surface area contributed by atoms with E-state index in [4.69, 9.17) is 0 Å². The molecule has 2 atom stereocenters. The molecule has 0 saturated carbocycles. The van der Waals surface area contributed by atoms with E-state index in [1.54, 1.807) is 24.4 Å². The van der Waals surface area contributed by atoms with Gasteiger partial charge in [0, 0.05) is 42.8 Å². The first-order valence-corrected chi connectivity index (χ1v) is 9.95. The molecular weight excluding hydrogens is 382 g/mol. The fourth-order valence-electron chi connectivity index (χ4n) is 4.81. The molecule has 0 aliphatic carbocycles. The highest BCUT2D eigenvalue weighted by atomic mass is 16.4. The van der Waals surface area contributed by atoms with Gasteiger partial charge in [-0.1, -0.05) is 6.07 Å². The van der Waals surface area contributed by atoms with E-state index in [9.17, 15) is 20.3 Å². The number of aromatic amines is 1. The minimum atomic E-state index is -0.839. The Labute approximate surface area is 173 Å². The normalized spacial score (nSPS) is 21.1. The molecule has 0 spiro atoms. The summed E-state index contributed by atoms with van der Waals surface area (Å²) < 4.78 is 0. The van der Waals surface area contributed by atoms with Crippen LogP contribution in [-0.2, 0) is 6.54 Å². The Balaban J connectivity index is 1.37. The Morgan fingerprint density at radius 2 is 2.17 bits per heavy atom. The number of benzene rings is 1. The van der Waals surface area contributed by atoms with Crippen LogP contribution in [0.2, 0.25) is 0 Å². The lowest BCUT2D eigenvalue weighted by atomic mass is 10.0. The van der Waals surface area contributed by atoms with E-state index in [1.807, 2.05) is 12.1 Å². The third-order valence-electron chi connectivity index (χ3n) is 6.31. The Kier molecular flexibility index (Phi) is 4.33. The van der Waals surface area contributed by atoms with Crippen molar-refractivity contribution < 1.29 is 15.0 Å². The van der Waals surface area contributed by atoms with E-state index in [0.29, 0.717) is 35.8 Å². The molecule has 0 radical (unpaired) electrons. The Bertz CT molecular complexity index is 1160. The smallest absolute Gasteiger partial charge is 0.407 e. The predicted molar refractivity (Wildman–Crippen MR) is 110 cm³/mol. The van der Waals surface area contributed by atoms with Crippen molar-refractivity contribution in [3.05, 3.63) is 47.7 Å². The van der Waals surface area contributed by atoms with Crippen LogP contribution in [0.1, 0.15) is 17.5 Å². The molecule has 2 saturated heterocycles. The van der Waals surface area contributed by atoms with E-state index in [0.717, 1.165) is 36.0 Å². The number of nitrogens with one attached hydrogen (secondary N) is 1. The number of hydrogen-bond donors (Lipinski definition) is 3. The summed E-state index contributed by atoms with van der Waals surface area (Å²) in [5, 5.41) is 29.6. The number of aromatic nitrogens is 2. The highest BCUT2D eigenvalue weighted by Gasteiger charge is 2.42. The van der Waals surface area contributed by atoms with Crippen LogP contribution in [0, 0.1) is 17.2 Å².